The van der Waals surface area contributed by atoms with Crippen molar-refractivity contribution in [2.24, 2.45) is 5.92 Å². The van der Waals surface area contributed by atoms with Crippen LogP contribution in [0, 0.1) is 5.92 Å². The summed E-state index contributed by atoms with van der Waals surface area (Å²) in [5.41, 5.74) is 0.0305. The summed E-state index contributed by atoms with van der Waals surface area (Å²) in [7, 11) is 0. The van der Waals surface area contributed by atoms with Crippen molar-refractivity contribution in [3.8, 4) is 0 Å². The lowest BCUT2D eigenvalue weighted by molar-refractivity contribution is -0.139. The standard InChI is InChI=1S/C18H25F3N2.ClH/c19-18(20,21)16-9-5-4-8-15(16)17(14-6-2-1-3-7-14)23-12-10-22-11-13-23;/h4-5,8-9,14,17,22H,1-3,6-7,10-13H2;1H/t17-;/m0./s1. The third kappa shape index (κ3) is 4.44. The van der Waals surface area contributed by atoms with E-state index in [9.17, 15) is 13.2 Å². The van der Waals surface area contributed by atoms with E-state index in [1.807, 2.05) is 0 Å². The van der Waals surface area contributed by atoms with Gasteiger partial charge in [0.2, 0.25) is 0 Å². The number of hydrogen-bond donors (Lipinski definition) is 1. The number of alkyl halides is 3. The van der Waals surface area contributed by atoms with Gasteiger partial charge in [0.15, 0.2) is 0 Å². The van der Waals surface area contributed by atoms with Gasteiger partial charge >= 0.3 is 6.18 Å². The molecule has 1 atom stereocenters. The van der Waals surface area contributed by atoms with Gasteiger partial charge in [-0.3, -0.25) is 4.90 Å². The Morgan fingerprint density at radius 1 is 1.00 bits per heavy atom. The Kier molecular flexibility index (Phi) is 6.96. The molecule has 0 spiro atoms. The molecule has 1 heterocycles. The van der Waals surface area contributed by atoms with Crippen LogP contribution in [-0.2, 0) is 6.18 Å². The summed E-state index contributed by atoms with van der Waals surface area (Å²) in [6.45, 7) is 3.37. The fraction of sp³-hybridized carbons (Fsp3) is 0.667. The van der Waals surface area contributed by atoms with Gasteiger partial charge in [0, 0.05) is 32.2 Å². The molecule has 0 bridgehead atoms. The van der Waals surface area contributed by atoms with E-state index in [-0.39, 0.29) is 18.4 Å². The van der Waals surface area contributed by atoms with Crippen molar-refractivity contribution in [1.82, 2.24) is 10.2 Å². The van der Waals surface area contributed by atoms with Gasteiger partial charge in [-0.15, -0.1) is 12.4 Å². The SMILES string of the molecule is Cl.FC(F)(F)c1ccccc1[C@H](C1CCCCC1)N1CCNCC1. The van der Waals surface area contributed by atoms with Crippen LogP contribution >= 0.6 is 12.4 Å². The fourth-order valence-corrected chi connectivity index (χ4v) is 4.17. The van der Waals surface area contributed by atoms with E-state index in [0.717, 1.165) is 51.9 Å². The average molecular weight is 363 g/mol. The van der Waals surface area contributed by atoms with Crippen LogP contribution in [0.25, 0.3) is 0 Å². The second-order valence-electron chi connectivity index (χ2n) is 6.71. The number of benzene rings is 1. The molecule has 0 amide bonds. The van der Waals surface area contributed by atoms with Crippen molar-refractivity contribution < 1.29 is 13.2 Å². The highest BCUT2D eigenvalue weighted by atomic mass is 35.5. The summed E-state index contributed by atoms with van der Waals surface area (Å²) in [5, 5.41) is 3.30. The van der Waals surface area contributed by atoms with Crippen molar-refractivity contribution in [2.45, 2.75) is 44.3 Å². The van der Waals surface area contributed by atoms with Crippen molar-refractivity contribution in [3.63, 3.8) is 0 Å². The lowest BCUT2D eigenvalue weighted by Crippen LogP contribution is -2.47. The summed E-state index contributed by atoms with van der Waals surface area (Å²) in [6, 6.07) is 6.09. The smallest absolute Gasteiger partial charge is 0.314 e. The molecule has 3 rings (SSSR count). The number of nitrogens with zero attached hydrogens (tertiary/aromatic N) is 1. The molecule has 0 unspecified atom stereocenters. The van der Waals surface area contributed by atoms with E-state index < -0.39 is 11.7 Å². The Labute approximate surface area is 148 Å². The largest absolute Gasteiger partial charge is 0.416 e. The van der Waals surface area contributed by atoms with Crippen LogP contribution in [0.3, 0.4) is 0 Å². The highest BCUT2D eigenvalue weighted by Crippen LogP contribution is 2.43. The van der Waals surface area contributed by atoms with E-state index in [0.29, 0.717) is 11.5 Å². The Morgan fingerprint density at radius 3 is 2.25 bits per heavy atom. The third-order valence-corrected chi connectivity index (χ3v) is 5.23. The zero-order valence-electron chi connectivity index (χ0n) is 13.8. The lowest BCUT2D eigenvalue weighted by atomic mass is 9.79. The van der Waals surface area contributed by atoms with E-state index in [1.54, 1.807) is 12.1 Å². The summed E-state index contributed by atoms with van der Waals surface area (Å²) in [4.78, 5) is 2.27. The predicted molar refractivity (Wildman–Crippen MR) is 92.5 cm³/mol. The Hall–Kier alpha value is -0.780. The van der Waals surface area contributed by atoms with Crippen molar-refractivity contribution in [2.75, 3.05) is 26.2 Å². The minimum Gasteiger partial charge on any atom is -0.314 e. The fourth-order valence-electron chi connectivity index (χ4n) is 4.17. The molecule has 0 aromatic heterocycles. The minimum absolute atomic E-state index is 0. The summed E-state index contributed by atoms with van der Waals surface area (Å²) in [5.74, 6) is 0.338. The number of nitrogens with one attached hydrogen (secondary N) is 1. The Morgan fingerprint density at radius 2 is 1.62 bits per heavy atom. The van der Waals surface area contributed by atoms with Gasteiger partial charge in [0.1, 0.15) is 0 Å². The van der Waals surface area contributed by atoms with Crippen LogP contribution < -0.4 is 5.32 Å². The lowest BCUT2D eigenvalue weighted by Gasteiger charge is -2.42. The van der Waals surface area contributed by atoms with Crippen molar-refractivity contribution in [3.05, 3.63) is 35.4 Å². The monoisotopic (exact) mass is 362 g/mol. The minimum atomic E-state index is -4.28. The van der Waals surface area contributed by atoms with Gasteiger partial charge < -0.3 is 5.32 Å². The molecule has 1 aliphatic heterocycles. The molecule has 1 aromatic rings. The van der Waals surface area contributed by atoms with Crippen LogP contribution in [0.5, 0.6) is 0 Å². The second kappa shape index (κ2) is 8.54. The maximum Gasteiger partial charge on any atom is 0.416 e. The van der Waals surface area contributed by atoms with Crippen molar-refractivity contribution in [1.29, 1.82) is 0 Å². The normalized spacial score (nSPS) is 22.0. The quantitative estimate of drug-likeness (QED) is 0.841. The first kappa shape index (κ1) is 19.5. The highest BCUT2D eigenvalue weighted by Gasteiger charge is 2.39. The predicted octanol–water partition coefficient (Wildman–Crippen LogP) is 4.65. The number of hydrogen-bond acceptors (Lipinski definition) is 2. The van der Waals surface area contributed by atoms with Crippen LogP contribution in [0.1, 0.15) is 49.3 Å². The van der Waals surface area contributed by atoms with Crippen LogP contribution in [0.2, 0.25) is 0 Å². The molecular weight excluding hydrogens is 337 g/mol. The summed E-state index contributed by atoms with van der Waals surface area (Å²) in [6.07, 6.45) is 1.30. The molecule has 1 saturated carbocycles. The van der Waals surface area contributed by atoms with Gasteiger partial charge in [-0.25, -0.2) is 0 Å². The zero-order valence-corrected chi connectivity index (χ0v) is 14.6. The van der Waals surface area contributed by atoms with E-state index in [4.69, 9.17) is 0 Å². The molecule has 1 saturated heterocycles. The maximum atomic E-state index is 13.5. The first-order valence-electron chi connectivity index (χ1n) is 8.68. The van der Waals surface area contributed by atoms with Crippen LogP contribution in [0.15, 0.2) is 24.3 Å². The molecule has 6 heteroatoms. The molecule has 2 aliphatic rings. The van der Waals surface area contributed by atoms with E-state index >= 15 is 0 Å². The zero-order chi connectivity index (χ0) is 16.3. The third-order valence-electron chi connectivity index (χ3n) is 5.23. The molecule has 24 heavy (non-hydrogen) atoms. The van der Waals surface area contributed by atoms with Gasteiger partial charge in [0.05, 0.1) is 5.56 Å². The van der Waals surface area contributed by atoms with Crippen molar-refractivity contribution >= 4 is 12.4 Å². The molecular formula is C18H26ClF3N2. The average Bonchev–Trinajstić information content (AvgIpc) is 2.57. The highest BCUT2D eigenvalue weighted by molar-refractivity contribution is 5.85. The van der Waals surface area contributed by atoms with E-state index in [1.165, 1.54) is 18.6 Å². The topological polar surface area (TPSA) is 15.3 Å². The summed E-state index contributed by atoms with van der Waals surface area (Å²) >= 11 is 0. The molecule has 1 aliphatic carbocycles. The Balaban J connectivity index is 0.00000208. The molecule has 136 valence electrons. The number of rotatable bonds is 3. The first-order valence-corrected chi connectivity index (χ1v) is 8.68. The molecule has 1 aromatic carbocycles. The van der Waals surface area contributed by atoms with Gasteiger partial charge in [0.25, 0.3) is 0 Å². The van der Waals surface area contributed by atoms with Gasteiger partial charge in [-0.05, 0) is 30.4 Å². The second-order valence-corrected chi connectivity index (χ2v) is 6.71. The first-order chi connectivity index (χ1) is 11.1. The van der Waals surface area contributed by atoms with Crippen LogP contribution in [-0.4, -0.2) is 31.1 Å². The summed E-state index contributed by atoms with van der Waals surface area (Å²) < 4.78 is 40.5. The molecule has 2 nitrogen and oxygen atoms in total. The van der Waals surface area contributed by atoms with Gasteiger partial charge in [-0.2, -0.15) is 13.2 Å². The van der Waals surface area contributed by atoms with Crippen LogP contribution in [0.4, 0.5) is 13.2 Å². The molecule has 0 radical (unpaired) electrons. The Bertz CT molecular complexity index is 491. The number of piperazine rings is 1. The molecule has 2 fully saturated rings. The molecule has 1 N–H and O–H groups in total. The maximum absolute atomic E-state index is 13.5. The van der Waals surface area contributed by atoms with Gasteiger partial charge in [-0.1, -0.05) is 37.5 Å². The number of halogens is 4. The van der Waals surface area contributed by atoms with E-state index in [2.05, 4.69) is 10.2 Å².